The average Bonchev–Trinajstić information content (AvgIpc) is 2.04. The van der Waals surface area contributed by atoms with Gasteiger partial charge in [-0.3, -0.25) is 0 Å². The first-order valence-corrected chi connectivity index (χ1v) is 5.78. The van der Waals surface area contributed by atoms with Gasteiger partial charge in [-0.2, -0.15) is 4.31 Å². The summed E-state index contributed by atoms with van der Waals surface area (Å²) >= 11 is 0. The summed E-state index contributed by atoms with van der Waals surface area (Å²) in [5.74, 6) is 0.104. The van der Waals surface area contributed by atoms with Gasteiger partial charge in [0.25, 0.3) is 0 Å². The highest BCUT2D eigenvalue weighted by atomic mass is 32.2. The Labute approximate surface area is 74.2 Å². The van der Waals surface area contributed by atoms with E-state index in [0.717, 1.165) is 6.42 Å². The largest absolute Gasteiger partial charge is 0.395 e. The van der Waals surface area contributed by atoms with E-state index < -0.39 is 10.0 Å². The molecule has 0 atom stereocenters. The molecule has 0 aliphatic heterocycles. The van der Waals surface area contributed by atoms with Crippen molar-refractivity contribution < 1.29 is 13.5 Å². The highest BCUT2D eigenvalue weighted by molar-refractivity contribution is 7.89. The number of hydrogen-bond acceptors (Lipinski definition) is 3. The summed E-state index contributed by atoms with van der Waals surface area (Å²) in [5.41, 5.74) is 0. The molecule has 0 spiro atoms. The van der Waals surface area contributed by atoms with Crippen LogP contribution in [0.15, 0.2) is 0 Å². The normalized spacial score (nSPS) is 12.3. The van der Waals surface area contributed by atoms with Crippen LogP contribution in [0, 0.1) is 0 Å². The third kappa shape index (κ3) is 3.51. The van der Waals surface area contributed by atoms with Gasteiger partial charge in [0.05, 0.1) is 12.4 Å². The molecule has 0 rings (SSSR count). The molecule has 0 aromatic heterocycles. The minimum atomic E-state index is -3.11. The van der Waals surface area contributed by atoms with Gasteiger partial charge < -0.3 is 5.11 Å². The molecule has 4 nitrogen and oxygen atoms in total. The summed E-state index contributed by atoms with van der Waals surface area (Å²) in [6.45, 7) is 4.12. The molecule has 1 N–H and O–H groups in total. The van der Waals surface area contributed by atoms with Gasteiger partial charge in [-0.15, -0.1) is 0 Å². The smallest absolute Gasteiger partial charge is 0.213 e. The van der Waals surface area contributed by atoms with E-state index in [2.05, 4.69) is 0 Å². The second kappa shape index (κ2) is 5.50. The van der Waals surface area contributed by atoms with E-state index in [9.17, 15) is 8.42 Å². The van der Waals surface area contributed by atoms with Gasteiger partial charge in [0.15, 0.2) is 0 Å². The number of rotatable bonds is 6. The number of hydrogen-bond donors (Lipinski definition) is 1. The van der Waals surface area contributed by atoms with Crippen molar-refractivity contribution in [3.63, 3.8) is 0 Å². The van der Waals surface area contributed by atoms with Crippen LogP contribution in [0.2, 0.25) is 0 Å². The highest BCUT2D eigenvalue weighted by Crippen LogP contribution is 2.01. The van der Waals surface area contributed by atoms with Gasteiger partial charge in [0.2, 0.25) is 10.0 Å². The molecule has 0 aromatic carbocycles. The Balaban J connectivity index is 4.28. The minimum absolute atomic E-state index is 0.104. The first-order valence-electron chi connectivity index (χ1n) is 4.17. The summed E-state index contributed by atoms with van der Waals surface area (Å²) in [4.78, 5) is 0. The summed E-state index contributed by atoms with van der Waals surface area (Å²) in [6.07, 6.45) is 0.777. The first-order chi connectivity index (χ1) is 5.58. The third-order valence-electron chi connectivity index (χ3n) is 1.58. The van der Waals surface area contributed by atoms with Crippen LogP contribution in [0.4, 0.5) is 0 Å². The topological polar surface area (TPSA) is 57.6 Å². The second-order valence-electron chi connectivity index (χ2n) is 2.52. The fourth-order valence-electron chi connectivity index (χ4n) is 0.933. The van der Waals surface area contributed by atoms with E-state index in [1.807, 2.05) is 6.92 Å². The lowest BCUT2D eigenvalue weighted by Crippen LogP contribution is -2.35. The molecular formula is C7H17NO3S. The zero-order valence-electron chi connectivity index (χ0n) is 7.65. The molecule has 5 heteroatoms. The maximum absolute atomic E-state index is 11.3. The molecule has 0 aliphatic rings. The maximum atomic E-state index is 11.3. The van der Waals surface area contributed by atoms with Crippen molar-refractivity contribution in [2.75, 3.05) is 25.4 Å². The van der Waals surface area contributed by atoms with Crippen LogP contribution in [0.25, 0.3) is 0 Å². The molecular weight excluding hydrogens is 178 g/mol. The van der Waals surface area contributed by atoms with Crippen LogP contribution in [0.1, 0.15) is 20.3 Å². The number of aliphatic hydroxyl groups is 1. The van der Waals surface area contributed by atoms with Gasteiger partial charge in [-0.1, -0.05) is 6.92 Å². The zero-order valence-corrected chi connectivity index (χ0v) is 8.47. The monoisotopic (exact) mass is 195 g/mol. The summed E-state index contributed by atoms with van der Waals surface area (Å²) < 4.78 is 23.9. The predicted molar refractivity (Wildman–Crippen MR) is 48.4 cm³/mol. The number of nitrogens with zero attached hydrogens (tertiary/aromatic N) is 1. The van der Waals surface area contributed by atoms with Gasteiger partial charge in [0, 0.05) is 13.1 Å². The molecule has 0 aliphatic carbocycles. The average molecular weight is 195 g/mol. The molecule has 0 fully saturated rings. The fraction of sp³-hybridized carbons (Fsp3) is 1.00. The lowest BCUT2D eigenvalue weighted by molar-refractivity contribution is 0.253. The molecule has 0 bridgehead atoms. The van der Waals surface area contributed by atoms with E-state index >= 15 is 0 Å². The van der Waals surface area contributed by atoms with Crippen molar-refractivity contribution >= 4 is 10.0 Å². The van der Waals surface area contributed by atoms with Crippen molar-refractivity contribution in [2.45, 2.75) is 20.3 Å². The summed E-state index contributed by atoms with van der Waals surface area (Å²) in [6, 6.07) is 0. The van der Waals surface area contributed by atoms with Crippen LogP contribution in [0.5, 0.6) is 0 Å². The van der Waals surface area contributed by atoms with Crippen molar-refractivity contribution in [1.82, 2.24) is 4.31 Å². The van der Waals surface area contributed by atoms with Gasteiger partial charge >= 0.3 is 0 Å². The Kier molecular flexibility index (Phi) is 5.44. The molecule has 74 valence electrons. The molecule has 12 heavy (non-hydrogen) atoms. The number of sulfonamides is 1. The standard InChI is InChI=1S/C7H17NO3S/c1-3-5-8(6-7-9)12(10,11)4-2/h9H,3-7H2,1-2H3. The van der Waals surface area contributed by atoms with Crippen molar-refractivity contribution in [2.24, 2.45) is 0 Å². The van der Waals surface area contributed by atoms with Crippen LogP contribution < -0.4 is 0 Å². The van der Waals surface area contributed by atoms with Crippen LogP contribution in [-0.2, 0) is 10.0 Å². The van der Waals surface area contributed by atoms with E-state index in [1.54, 1.807) is 6.92 Å². The lowest BCUT2D eigenvalue weighted by atomic mass is 10.5. The third-order valence-corrected chi connectivity index (χ3v) is 3.46. The van der Waals surface area contributed by atoms with Crippen LogP contribution in [0.3, 0.4) is 0 Å². The first kappa shape index (κ1) is 11.9. The highest BCUT2D eigenvalue weighted by Gasteiger charge is 2.17. The maximum Gasteiger partial charge on any atom is 0.213 e. The van der Waals surface area contributed by atoms with Crippen molar-refractivity contribution in [1.29, 1.82) is 0 Å². The SMILES string of the molecule is CCCN(CCO)S(=O)(=O)CC. The Hall–Kier alpha value is -0.130. The van der Waals surface area contributed by atoms with E-state index in [4.69, 9.17) is 5.11 Å². The van der Waals surface area contributed by atoms with Gasteiger partial charge in [-0.05, 0) is 13.3 Å². The van der Waals surface area contributed by atoms with Crippen LogP contribution in [-0.4, -0.2) is 43.3 Å². The van der Waals surface area contributed by atoms with Gasteiger partial charge in [0.1, 0.15) is 0 Å². The van der Waals surface area contributed by atoms with Gasteiger partial charge in [-0.25, -0.2) is 8.42 Å². The molecule has 0 aromatic rings. The lowest BCUT2D eigenvalue weighted by Gasteiger charge is -2.19. The van der Waals surface area contributed by atoms with Crippen LogP contribution >= 0.6 is 0 Å². The van der Waals surface area contributed by atoms with Crippen molar-refractivity contribution in [3.8, 4) is 0 Å². The molecule has 0 unspecified atom stereocenters. The Morgan fingerprint density at radius 3 is 2.17 bits per heavy atom. The quantitative estimate of drug-likeness (QED) is 0.651. The summed E-state index contributed by atoms with van der Waals surface area (Å²) in [7, 11) is -3.11. The molecule has 0 saturated heterocycles. The zero-order chi connectivity index (χ0) is 9.61. The Bertz CT molecular complexity index is 195. The Morgan fingerprint density at radius 2 is 1.83 bits per heavy atom. The molecule has 0 radical (unpaired) electrons. The summed E-state index contributed by atoms with van der Waals surface area (Å²) in [5, 5.41) is 8.62. The van der Waals surface area contributed by atoms with Crippen molar-refractivity contribution in [3.05, 3.63) is 0 Å². The fourth-order valence-corrected chi connectivity index (χ4v) is 2.12. The Morgan fingerprint density at radius 1 is 1.25 bits per heavy atom. The molecule has 0 heterocycles. The van der Waals surface area contributed by atoms with E-state index in [-0.39, 0.29) is 18.9 Å². The van der Waals surface area contributed by atoms with E-state index in [0.29, 0.717) is 6.54 Å². The van der Waals surface area contributed by atoms with E-state index in [1.165, 1.54) is 4.31 Å². The predicted octanol–water partition coefficient (Wildman–Crippen LogP) is 0.0404. The second-order valence-corrected chi connectivity index (χ2v) is 4.78. The minimum Gasteiger partial charge on any atom is -0.395 e. The number of aliphatic hydroxyl groups excluding tert-OH is 1. The molecule has 0 amide bonds. The molecule has 0 saturated carbocycles.